The Morgan fingerprint density at radius 2 is 1.81 bits per heavy atom. The van der Waals surface area contributed by atoms with E-state index in [4.69, 9.17) is 16.3 Å². The standard InChI is InChI=1S/C24H26ClNO5S/c1-14-11-19(12-15(2)21(14)25)31-10-6-9-26-17(4)23(16(3)22(26)24(28)29)32(30)20-8-5-7-18(27)13-20/h5,7-8,11-13,27H,6,9-10H2,1-4H3,(H,28,29). The highest BCUT2D eigenvalue weighted by Crippen LogP contribution is 2.33. The quantitative estimate of drug-likeness (QED) is 0.335. The summed E-state index contributed by atoms with van der Waals surface area (Å²) in [6.45, 7) is 8.06. The van der Waals surface area contributed by atoms with Gasteiger partial charge in [-0.3, -0.25) is 0 Å². The molecule has 3 aromatic rings. The van der Waals surface area contributed by atoms with Crippen molar-refractivity contribution in [3.05, 3.63) is 69.5 Å². The van der Waals surface area contributed by atoms with Gasteiger partial charge >= 0.3 is 5.97 Å². The van der Waals surface area contributed by atoms with Crippen LogP contribution >= 0.6 is 11.6 Å². The van der Waals surface area contributed by atoms with Gasteiger partial charge < -0.3 is 24.1 Å². The molecule has 0 aliphatic carbocycles. The summed E-state index contributed by atoms with van der Waals surface area (Å²) in [6.07, 6.45) is 0.564. The maximum absolute atomic E-state index is 13.2. The zero-order valence-corrected chi connectivity index (χ0v) is 20.0. The fraction of sp³-hybridized carbons (Fsp3) is 0.292. The predicted octanol–water partition coefficient (Wildman–Crippen LogP) is 5.41. The molecule has 0 aliphatic rings. The topological polar surface area (TPSA) is 94.8 Å². The predicted molar refractivity (Wildman–Crippen MR) is 125 cm³/mol. The van der Waals surface area contributed by atoms with Crippen LogP contribution in [-0.2, 0) is 17.7 Å². The molecule has 32 heavy (non-hydrogen) atoms. The molecule has 1 heterocycles. The molecule has 1 aromatic heterocycles. The van der Waals surface area contributed by atoms with Crippen LogP contribution in [0.3, 0.4) is 0 Å². The number of hydrogen-bond donors (Lipinski definition) is 2. The van der Waals surface area contributed by atoms with Crippen LogP contribution in [0.4, 0.5) is 0 Å². The number of aryl methyl sites for hydroxylation is 2. The second kappa shape index (κ2) is 9.90. The first-order valence-corrected chi connectivity index (χ1v) is 11.7. The number of rotatable bonds is 8. The fourth-order valence-electron chi connectivity index (χ4n) is 3.82. The number of aromatic hydroxyl groups is 1. The lowest BCUT2D eigenvalue weighted by Gasteiger charge is -2.13. The zero-order chi connectivity index (χ0) is 23.6. The number of benzene rings is 2. The number of carboxylic acids is 1. The molecule has 2 N–H and O–H groups in total. The van der Waals surface area contributed by atoms with E-state index in [1.54, 1.807) is 30.5 Å². The summed E-state index contributed by atoms with van der Waals surface area (Å²) < 4.78 is 20.7. The highest BCUT2D eigenvalue weighted by Gasteiger charge is 2.30. The van der Waals surface area contributed by atoms with Gasteiger partial charge in [0.2, 0.25) is 0 Å². The fourth-order valence-corrected chi connectivity index (χ4v) is 5.35. The first-order valence-electron chi connectivity index (χ1n) is 10.1. The van der Waals surface area contributed by atoms with Crippen LogP contribution in [0.5, 0.6) is 11.5 Å². The molecular formula is C24H26ClNO5S. The first kappa shape index (κ1) is 24.0. The Balaban J connectivity index is 1.80. The van der Waals surface area contributed by atoms with Gasteiger partial charge in [-0.2, -0.15) is 0 Å². The molecule has 6 nitrogen and oxygen atoms in total. The van der Waals surface area contributed by atoms with Gasteiger partial charge in [0.05, 0.1) is 12.3 Å². The number of nitrogens with zero attached hydrogens (tertiary/aromatic N) is 1. The van der Waals surface area contributed by atoms with Crippen molar-refractivity contribution in [1.82, 2.24) is 4.57 Å². The van der Waals surface area contributed by atoms with Gasteiger partial charge in [-0.05, 0) is 69.5 Å². The van der Waals surface area contributed by atoms with Crippen molar-refractivity contribution in [3.8, 4) is 11.5 Å². The molecule has 0 saturated carbocycles. The zero-order valence-electron chi connectivity index (χ0n) is 18.4. The van der Waals surface area contributed by atoms with Gasteiger partial charge in [-0.25, -0.2) is 4.79 Å². The molecule has 0 saturated heterocycles. The summed E-state index contributed by atoms with van der Waals surface area (Å²) in [4.78, 5) is 12.9. The van der Waals surface area contributed by atoms with Crippen molar-refractivity contribution in [2.24, 2.45) is 0 Å². The van der Waals surface area contributed by atoms with E-state index in [-0.39, 0.29) is 11.4 Å². The number of hydrogen-bond acceptors (Lipinski definition) is 4. The summed E-state index contributed by atoms with van der Waals surface area (Å²) >= 11 is 4.58. The minimum absolute atomic E-state index is 0.00821. The summed E-state index contributed by atoms with van der Waals surface area (Å²) in [6, 6.07) is 9.93. The van der Waals surface area contributed by atoms with E-state index in [0.717, 1.165) is 11.1 Å². The van der Waals surface area contributed by atoms with Crippen molar-refractivity contribution in [1.29, 1.82) is 0 Å². The van der Waals surface area contributed by atoms with E-state index in [9.17, 15) is 19.6 Å². The Morgan fingerprint density at radius 3 is 2.41 bits per heavy atom. The molecule has 0 amide bonds. The highest BCUT2D eigenvalue weighted by molar-refractivity contribution is 7.91. The third-order valence-electron chi connectivity index (χ3n) is 5.32. The lowest BCUT2D eigenvalue weighted by atomic mass is 10.1. The van der Waals surface area contributed by atoms with Crippen molar-refractivity contribution in [3.63, 3.8) is 0 Å². The molecule has 3 rings (SSSR count). The average Bonchev–Trinajstić information content (AvgIpc) is 2.98. The molecule has 1 atom stereocenters. The Labute approximate surface area is 195 Å². The van der Waals surface area contributed by atoms with Crippen LogP contribution in [0.25, 0.3) is 0 Å². The van der Waals surface area contributed by atoms with E-state index >= 15 is 0 Å². The van der Waals surface area contributed by atoms with Crippen LogP contribution in [-0.4, -0.2) is 31.9 Å². The summed E-state index contributed by atoms with van der Waals surface area (Å²) in [5.41, 5.74) is 3.07. The van der Waals surface area contributed by atoms with E-state index in [1.165, 1.54) is 12.1 Å². The number of phenols is 1. The van der Waals surface area contributed by atoms with Crippen molar-refractivity contribution in [2.75, 3.05) is 6.61 Å². The monoisotopic (exact) mass is 475 g/mol. The normalized spacial score (nSPS) is 12.1. The molecule has 0 spiro atoms. The minimum Gasteiger partial charge on any atom is -0.606 e. The lowest BCUT2D eigenvalue weighted by Crippen LogP contribution is -2.13. The Bertz CT molecular complexity index is 1130. The van der Waals surface area contributed by atoms with Gasteiger partial charge in [-0.1, -0.05) is 17.7 Å². The Hall–Kier alpha value is -2.61. The molecule has 0 aliphatic heterocycles. The number of aromatic nitrogens is 1. The van der Waals surface area contributed by atoms with Gasteiger partial charge in [0, 0.05) is 34.4 Å². The van der Waals surface area contributed by atoms with E-state index in [0.29, 0.717) is 51.4 Å². The molecule has 8 heteroatoms. The molecular weight excluding hydrogens is 450 g/mol. The number of carboxylic acid groups (broad SMARTS) is 1. The van der Waals surface area contributed by atoms with Crippen LogP contribution in [0.15, 0.2) is 46.2 Å². The number of carbonyl (C=O) groups is 1. The molecule has 0 radical (unpaired) electrons. The maximum Gasteiger partial charge on any atom is 0.352 e. The third-order valence-corrected chi connectivity index (χ3v) is 7.57. The molecule has 170 valence electrons. The van der Waals surface area contributed by atoms with Crippen LogP contribution in [0, 0.1) is 27.7 Å². The largest absolute Gasteiger partial charge is 0.606 e. The number of phenolic OH excluding ortho intramolecular Hbond substituents is 1. The van der Waals surface area contributed by atoms with Crippen molar-refractivity contribution in [2.45, 2.75) is 50.5 Å². The molecule has 0 bridgehead atoms. The Kier molecular flexibility index (Phi) is 7.44. The van der Waals surface area contributed by atoms with Crippen LogP contribution in [0.2, 0.25) is 5.02 Å². The number of ether oxygens (including phenoxy) is 1. The van der Waals surface area contributed by atoms with E-state index < -0.39 is 17.1 Å². The molecule has 0 fully saturated rings. The highest BCUT2D eigenvalue weighted by atomic mass is 35.5. The Morgan fingerprint density at radius 1 is 1.16 bits per heavy atom. The van der Waals surface area contributed by atoms with Crippen molar-refractivity contribution < 1.29 is 24.3 Å². The first-order chi connectivity index (χ1) is 15.1. The average molecular weight is 476 g/mol. The number of halogens is 1. The number of aromatic carboxylic acids is 1. The molecule has 2 aromatic carbocycles. The van der Waals surface area contributed by atoms with E-state index in [2.05, 4.69) is 0 Å². The SMILES string of the molecule is Cc1cc(OCCCn2c(C)c([S+]([O-])c3cccc(O)c3)c(C)c2C(=O)O)cc(C)c1Cl. The third kappa shape index (κ3) is 4.90. The van der Waals surface area contributed by atoms with Gasteiger partial charge in [0.1, 0.15) is 17.2 Å². The lowest BCUT2D eigenvalue weighted by molar-refractivity contribution is 0.0683. The molecule has 1 unspecified atom stereocenters. The second-order valence-electron chi connectivity index (χ2n) is 7.68. The maximum atomic E-state index is 13.2. The minimum atomic E-state index is -1.62. The van der Waals surface area contributed by atoms with Gasteiger partial charge in [0.15, 0.2) is 9.79 Å². The smallest absolute Gasteiger partial charge is 0.352 e. The van der Waals surface area contributed by atoms with Gasteiger partial charge in [-0.15, -0.1) is 0 Å². The van der Waals surface area contributed by atoms with Gasteiger partial charge in [0.25, 0.3) is 0 Å². The summed E-state index contributed by atoms with van der Waals surface area (Å²) in [5.74, 6) is -0.350. The van der Waals surface area contributed by atoms with E-state index in [1.807, 2.05) is 26.0 Å². The second-order valence-corrected chi connectivity index (χ2v) is 9.48. The van der Waals surface area contributed by atoms with Crippen LogP contribution < -0.4 is 4.74 Å². The van der Waals surface area contributed by atoms with Crippen LogP contribution in [0.1, 0.15) is 39.3 Å². The summed E-state index contributed by atoms with van der Waals surface area (Å²) in [5, 5.41) is 20.2. The summed E-state index contributed by atoms with van der Waals surface area (Å²) in [7, 11) is 0. The van der Waals surface area contributed by atoms with Crippen molar-refractivity contribution >= 4 is 28.7 Å².